The van der Waals surface area contributed by atoms with E-state index in [-0.39, 0.29) is 19.1 Å². The number of methoxy groups -OCH3 is 1. The summed E-state index contributed by atoms with van der Waals surface area (Å²) in [6, 6.07) is 10.0. The van der Waals surface area contributed by atoms with Gasteiger partial charge in [-0.25, -0.2) is 18.6 Å². The lowest BCUT2D eigenvalue weighted by Gasteiger charge is -2.34. The Labute approximate surface area is 219 Å². The summed E-state index contributed by atoms with van der Waals surface area (Å²) >= 11 is 0. The highest BCUT2D eigenvalue weighted by atomic mass is 19.3. The maximum atomic E-state index is 14.5. The molecule has 3 heterocycles. The highest BCUT2D eigenvalue weighted by molar-refractivity contribution is 5.95. The van der Waals surface area contributed by atoms with Crippen LogP contribution in [-0.2, 0) is 27.1 Å². The van der Waals surface area contributed by atoms with Crippen molar-refractivity contribution in [2.75, 3.05) is 25.2 Å². The number of carbonyl (C=O) groups is 2. The van der Waals surface area contributed by atoms with E-state index in [0.29, 0.717) is 41.0 Å². The molecule has 1 fully saturated rings. The number of aryl methyl sites for hydroxylation is 2. The topological polar surface area (TPSA) is 93.9 Å². The number of amides is 1. The van der Waals surface area contributed by atoms with Crippen LogP contribution in [0.3, 0.4) is 0 Å². The van der Waals surface area contributed by atoms with Gasteiger partial charge in [-0.05, 0) is 44.4 Å². The van der Waals surface area contributed by atoms with E-state index in [0.717, 1.165) is 11.1 Å². The van der Waals surface area contributed by atoms with E-state index in [4.69, 9.17) is 14.5 Å². The van der Waals surface area contributed by atoms with Crippen LogP contribution in [-0.4, -0.2) is 59.0 Å². The maximum absolute atomic E-state index is 14.5. The number of anilines is 1. The number of halogens is 2. The largest absolute Gasteiger partial charge is 0.481 e. The van der Waals surface area contributed by atoms with Gasteiger partial charge in [0.05, 0.1) is 42.4 Å². The van der Waals surface area contributed by atoms with Crippen LogP contribution in [0.15, 0.2) is 36.4 Å². The molecule has 5 rings (SSSR count). The van der Waals surface area contributed by atoms with Crippen molar-refractivity contribution in [3.63, 3.8) is 0 Å². The van der Waals surface area contributed by atoms with E-state index in [9.17, 15) is 23.5 Å². The standard InChI is InChI=1S/C28H31F2N3O5/c1-16-4-7-18(8-5-16)21(26(34)35)12-24-31-25-20-9-6-17(2)32(27(36)37-3)22(20)10-11-23(25)33(24)19-13-28(29,30)15-38-14-19/h4-5,7-8,10-11,17,19,21H,6,9,12-15H2,1-3H3,(H,34,35)/t17-,19-,21?/m0/s1. The van der Waals surface area contributed by atoms with Gasteiger partial charge in [-0.3, -0.25) is 9.69 Å². The van der Waals surface area contributed by atoms with E-state index in [2.05, 4.69) is 0 Å². The Hall–Kier alpha value is -3.53. The van der Waals surface area contributed by atoms with Crippen molar-refractivity contribution in [1.82, 2.24) is 9.55 Å². The minimum atomic E-state index is -3.01. The fraction of sp³-hybridized carbons (Fsp3) is 0.464. The number of fused-ring (bicyclic) bond motifs is 3. The van der Waals surface area contributed by atoms with E-state index in [1.807, 2.05) is 26.0 Å². The van der Waals surface area contributed by atoms with Crippen molar-refractivity contribution in [1.29, 1.82) is 0 Å². The van der Waals surface area contributed by atoms with Gasteiger partial charge in [0.1, 0.15) is 12.4 Å². The monoisotopic (exact) mass is 527 g/mol. The van der Waals surface area contributed by atoms with E-state index >= 15 is 0 Å². The molecule has 3 aromatic rings. The number of imidazole rings is 1. The molecule has 2 aliphatic heterocycles. The van der Waals surface area contributed by atoms with Gasteiger partial charge in [-0.1, -0.05) is 29.8 Å². The smallest absolute Gasteiger partial charge is 0.414 e. The van der Waals surface area contributed by atoms with Crippen LogP contribution in [0.25, 0.3) is 11.0 Å². The third-order valence-corrected chi connectivity index (χ3v) is 7.59. The highest BCUT2D eigenvalue weighted by Crippen LogP contribution is 2.40. The Morgan fingerprint density at radius 2 is 1.97 bits per heavy atom. The van der Waals surface area contributed by atoms with Crippen molar-refractivity contribution in [2.24, 2.45) is 0 Å². The minimum absolute atomic E-state index is 0.0149. The van der Waals surface area contributed by atoms with Crippen molar-refractivity contribution < 1.29 is 33.0 Å². The van der Waals surface area contributed by atoms with Crippen molar-refractivity contribution in [2.45, 2.75) is 63.5 Å². The number of alkyl halides is 2. The molecule has 0 aliphatic carbocycles. The van der Waals surface area contributed by atoms with Crippen molar-refractivity contribution >= 4 is 28.8 Å². The number of ether oxygens (including phenoxy) is 2. The average Bonchev–Trinajstić information content (AvgIpc) is 3.25. The molecule has 38 heavy (non-hydrogen) atoms. The van der Waals surface area contributed by atoms with Gasteiger partial charge < -0.3 is 19.1 Å². The second kappa shape index (κ2) is 9.98. The number of carbonyl (C=O) groups excluding carboxylic acids is 1. The third kappa shape index (κ3) is 4.73. The van der Waals surface area contributed by atoms with E-state index < -0.39 is 43.0 Å². The molecule has 1 unspecified atom stereocenters. The molecule has 1 N–H and O–H groups in total. The highest BCUT2D eigenvalue weighted by Gasteiger charge is 2.40. The van der Waals surface area contributed by atoms with Gasteiger partial charge in [0.15, 0.2) is 0 Å². The van der Waals surface area contributed by atoms with Gasteiger partial charge in [0.2, 0.25) is 0 Å². The Morgan fingerprint density at radius 1 is 1.24 bits per heavy atom. The van der Waals surface area contributed by atoms with E-state index in [1.165, 1.54) is 7.11 Å². The lowest BCUT2D eigenvalue weighted by molar-refractivity contribution is -0.139. The predicted octanol–water partition coefficient (Wildman–Crippen LogP) is 5.26. The first-order chi connectivity index (χ1) is 18.1. The molecule has 10 heteroatoms. The predicted molar refractivity (Wildman–Crippen MR) is 137 cm³/mol. The molecular formula is C28H31F2N3O5. The molecule has 1 amide bonds. The maximum Gasteiger partial charge on any atom is 0.414 e. The van der Waals surface area contributed by atoms with Crippen LogP contribution in [0.5, 0.6) is 0 Å². The zero-order chi connectivity index (χ0) is 27.2. The number of aliphatic carboxylic acids is 1. The van der Waals surface area contributed by atoms with Gasteiger partial charge in [-0.2, -0.15) is 0 Å². The zero-order valence-corrected chi connectivity index (χ0v) is 21.6. The third-order valence-electron chi connectivity index (χ3n) is 7.59. The number of aromatic nitrogens is 2. The summed E-state index contributed by atoms with van der Waals surface area (Å²) in [7, 11) is 1.33. The second-order valence-electron chi connectivity index (χ2n) is 10.3. The van der Waals surface area contributed by atoms with Gasteiger partial charge in [0, 0.05) is 24.4 Å². The number of carboxylic acid groups (broad SMARTS) is 1. The first kappa shape index (κ1) is 26.1. The number of nitrogens with zero attached hydrogens (tertiary/aromatic N) is 3. The summed E-state index contributed by atoms with van der Waals surface area (Å²) in [5.74, 6) is -4.55. The lowest BCUT2D eigenvalue weighted by atomic mass is 9.94. The molecule has 1 saturated heterocycles. The fourth-order valence-electron chi connectivity index (χ4n) is 5.68. The van der Waals surface area contributed by atoms with Gasteiger partial charge in [-0.15, -0.1) is 0 Å². The molecule has 0 saturated carbocycles. The average molecular weight is 528 g/mol. The Bertz CT molecular complexity index is 1370. The Morgan fingerprint density at radius 3 is 2.63 bits per heavy atom. The van der Waals surface area contributed by atoms with E-state index in [1.54, 1.807) is 33.7 Å². The van der Waals surface area contributed by atoms with Crippen LogP contribution < -0.4 is 4.90 Å². The van der Waals surface area contributed by atoms with Crippen molar-refractivity contribution in [3.8, 4) is 0 Å². The van der Waals surface area contributed by atoms with Crippen LogP contribution in [0.1, 0.15) is 54.2 Å². The van der Waals surface area contributed by atoms with Crippen LogP contribution in [0.2, 0.25) is 0 Å². The molecule has 2 aliphatic rings. The number of hydrogen-bond donors (Lipinski definition) is 1. The molecule has 3 atom stereocenters. The summed E-state index contributed by atoms with van der Waals surface area (Å²) in [5.41, 5.74) is 4.30. The fourth-order valence-corrected chi connectivity index (χ4v) is 5.68. The van der Waals surface area contributed by atoms with Gasteiger partial charge in [0.25, 0.3) is 5.92 Å². The number of rotatable bonds is 5. The normalized spacial score (nSPS) is 21.7. The molecular weight excluding hydrogens is 496 g/mol. The lowest BCUT2D eigenvalue weighted by Crippen LogP contribution is -2.42. The zero-order valence-electron chi connectivity index (χ0n) is 21.6. The summed E-state index contributed by atoms with van der Waals surface area (Å²) in [4.78, 5) is 31.4. The molecule has 2 aromatic carbocycles. The first-order valence-corrected chi connectivity index (χ1v) is 12.7. The molecule has 0 spiro atoms. The first-order valence-electron chi connectivity index (χ1n) is 12.7. The second-order valence-corrected chi connectivity index (χ2v) is 10.3. The summed E-state index contributed by atoms with van der Waals surface area (Å²) < 4.78 is 40.9. The van der Waals surface area contributed by atoms with Crippen LogP contribution in [0, 0.1) is 6.92 Å². The number of hydrogen-bond acceptors (Lipinski definition) is 5. The molecule has 0 bridgehead atoms. The van der Waals surface area contributed by atoms with Crippen molar-refractivity contribution in [3.05, 3.63) is 58.9 Å². The summed E-state index contributed by atoms with van der Waals surface area (Å²) in [6.45, 7) is 3.28. The minimum Gasteiger partial charge on any atom is -0.481 e. The SMILES string of the molecule is COC(=O)N1c2ccc3c(nc(CC(C(=O)O)c4ccc(C)cc4)n3[C@@H]3COCC(F)(F)C3)c2CC[C@@H]1C. The quantitative estimate of drug-likeness (QED) is 0.487. The van der Waals surface area contributed by atoms with Crippen LogP contribution in [0.4, 0.5) is 19.3 Å². The Balaban J connectivity index is 1.66. The Kier molecular flexibility index (Phi) is 6.85. The molecule has 202 valence electrons. The summed E-state index contributed by atoms with van der Waals surface area (Å²) in [6.07, 6.45) is 0.407. The molecule has 8 nitrogen and oxygen atoms in total. The molecule has 0 radical (unpaired) electrons. The van der Waals surface area contributed by atoms with Crippen LogP contribution >= 0.6 is 0 Å². The number of carboxylic acids is 1. The molecule has 1 aromatic heterocycles. The number of benzene rings is 2. The van der Waals surface area contributed by atoms with Gasteiger partial charge >= 0.3 is 12.1 Å². The summed E-state index contributed by atoms with van der Waals surface area (Å²) in [5, 5.41) is 10.1.